The molecule has 0 bridgehead atoms. The molecule has 2 heterocycles. The Balaban J connectivity index is 2.20. The van der Waals surface area contributed by atoms with Crippen LogP contribution < -0.4 is 5.32 Å². The molecule has 76 valence electrons. The number of rotatable bonds is 1. The van der Waals surface area contributed by atoms with Crippen molar-refractivity contribution >= 4 is 0 Å². The van der Waals surface area contributed by atoms with Crippen molar-refractivity contribution in [3.8, 4) is 0 Å². The van der Waals surface area contributed by atoms with E-state index in [1.165, 1.54) is 12.3 Å². The first-order valence-corrected chi connectivity index (χ1v) is 4.73. The van der Waals surface area contributed by atoms with Gasteiger partial charge in [0.05, 0.1) is 0 Å². The van der Waals surface area contributed by atoms with Crippen LogP contribution in [0.2, 0.25) is 0 Å². The molecule has 1 saturated heterocycles. The smallest absolute Gasteiger partial charge is 0.213 e. The number of aromatic nitrogens is 1. The van der Waals surface area contributed by atoms with Gasteiger partial charge in [-0.2, -0.15) is 4.39 Å². The monoisotopic (exact) mass is 198 g/mol. The summed E-state index contributed by atoms with van der Waals surface area (Å²) in [5.74, 6) is -0.720. The molecule has 0 aliphatic carbocycles. The molecule has 2 atom stereocenters. The predicted octanol–water partition coefficient (Wildman–Crippen LogP) is 1.64. The first-order chi connectivity index (χ1) is 6.77. The van der Waals surface area contributed by atoms with Crippen molar-refractivity contribution in [1.82, 2.24) is 10.3 Å². The molecule has 2 unspecified atom stereocenters. The summed E-state index contributed by atoms with van der Waals surface area (Å²) in [5, 5.41) is 2.96. The average molecular weight is 198 g/mol. The standard InChI is InChI=1S/C10H12F2N2/c11-9-6-13-3-2-8(9)7-1-4-14-10(12)5-7/h1,4-5,8-9,13H,2-3,6H2. The maximum Gasteiger partial charge on any atom is 0.213 e. The van der Waals surface area contributed by atoms with Gasteiger partial charge in [0, 0.05) is 18.7 Å². The predicted molar refractivity (Wildman–Crippen MR) is 49.3 cm³/mol. The van der Waals surface area contributed by atoms with Crippen LogP contribution in [-0.4, -0.2) is 24.2 Å². The molecule has 0 amide bonds. The van der Waals surface area contributed by atoms with Crippen LogP contribution in [0.5, 0.6) is 0 Å². The van der Waals surface area contributed by atoms with Crippen LogP contribution in [0, 0.1) is 5.95 Å². The second kappa shape index (κ2) is 4.00. The molecule has 0 aromatic carbocycles. The quantitative estimate of drug-likeness (QED) is 0.694. The Morgan fingerprint density at radius 3 is 3.07 bits per heavy atom. The molecule has 0 spiro atoms. The number of hydrogen-bond donors (Lipinski definition) is 1. The Hall–Kier alpha value is -1.03. The van der Waals surface area contributed by atoms with Gasteiger partial charge in [0.1, 0.15) is 6.17 Å². The minimum absolute atomic E-state index is 0.186. The second-order valence-corrected chi connectivity index (χ2v) is 3.53. The van der Waals surface area contributed by atoms with Gasteiger partial charge < -0.3 is 5.32 Å². The average Bonchev–Trinajstić information content (AvgIpc) is 2.18. The molecule has 2 nitrogen and oxygen atoms in total. The van der Waals surface area contributed by atoms with E-state index in [0.717, 1.165) is 6.54 Å². The van der Waals surface area contributed by atoms with Crippen LogP contribution in [0.1, 0.15) is 17.9 Å². The molecule has 1 aromatic rings. The van der Waals surface area contributed by atoms with Crippen LogP contribution in [0.4, 0.5) is 8.78 Å². The molecular weight excluding hydrogens is 186 g/mol. The normalized spacial score (nSPS) is 27.6. The fraction of sp³-hybridized carbons (Fsp3) is 0.500. The summed E-state index contributed by atoms with van der Waals surface area (Å²) in [6, 6.07) is 3.01. The van der Waals surface area contributed by atoms with E-state index in [4.69, 9.17) is 0 Å². The Morgan fingerprint density at radius 1 is 1.50 bits per heavy atom. The van der Waals surface area contributed by atoms with Gasteiger partial charge in [0.2, 0.25) is 5.95 Å². The third-order valence-electron chi connectivity index (χ3n) is 2.59. The van der Waals surface area contributed by atoms with E-state index >= 15 is 0 Å². The topological polar surface area (TPSA) is 24.9 Å². The molecule has 1 aliphatic heterocycles. The molecule has 0 radical (unpaired) electrons. The first-order valence-electron chi connectivity index (χ1n) is 4.73. The number of piperidine rings is 1. The van der Waals surface area contributed by atoms with Crippen molar-refractivity contribution in [1.29, 1.82) is 0 Å². The van der Waals surface area contributed by atoms with Crippen molar-refractivity contribution in [3.63, 3.8) is 0 Å². The van der Waals surface area contributed by atoms with Crippen molar-refractivity contribution in [2.45, 2.75) is 18.5 Å². The maximum atomic E-state index is 13.5. The molecular formula is C10H12F2N2. The van der Waals surface area contributed by atoms with Crippen LogP contribution >= 0.6 is 0 Å². The van der Waals surface area contributed by atoms with Crippen LogP contribution in [-0.2, 0) is 0 Å². The lowest BCUT2D eigenvalue weighted by Gasteiger charge is -2.26. The molecule has 1 aliphatic rings. The third-order valence-corrected chi connectivity index (χ3v) is 2.59. The van der Waals surface area contributed by atoms with Crippen molar-refractivity contribution < 1.29 is 8.78 Å². The summed E-state index contributed by atoms with van der Waals surface area (Å²) in [6.07, 6.45) is 1.18. The van der Waals surface area contributed by atoms with Crippen LogP contribution in [0.25, 0.3) is 0 Å². The van der Waals surface area contributed by atoms with Gasteiger partial charge in [-0.1, -0.05) is 0 Å². The Labute approximate surface area is 81.4 Å². The largest absolute Gasteiger partial charge is 0.314 e. The summed E-state index contributed by atoms with van der Waals surface area (Å²) in [6.45, 7) is 1.14. The van der Waals surface area contributed by atoms with Crippen LogP contribution in [0.3, 0.4) is 0 Å². The summed E-state index contributed by atoms with van der Waals surface area (Å²) in [4.78, 5) is 3.45. The van der Waals surface area contributed by atoms with Crippen molar-refractivity contribution in [2.24, 2.45) is 0 Å². The highest BCUT2D eigenvalue weighted by Gasteiger charge is 2.26. The Bertz CT molecular complexity index is 317. The van der Waals surface area contributed by atoms with E-state index in [2.05, 4.69) is 10.3 Å². The highest BCUT2D eigenvalue weighted by molar-refractivity contribution is 5.19. The molecule has 2 rings (SSSR count). The van der Waals surface area contributed by atoms with Gasteiger partial charge in [-0.3, -0.25) is 0 Å². The van der Waals surface area contributed by atoms with Gasteiger partial charge in [0.25, 0.3) is 0 Å². The Morgan fingerprint density at radius 2 is 2.36 bits per heavy atom. The summed E-state index contributed by atoms with van der Waals surface area (Å²) in [7, 11) is 0. The lowest BCUT2D eigenvalue weighted by Crippen LogP contribution is -2.36. The van der Waals surface area contributed by atoms with Gasteiger partial charge >= 0.3 is 0 Å². The lowest BCUT2D eigenvalue weighted by molar-refractivity contribution is 0.231. The fourth-order valence-corrected chi connectivity index (χ4v) is 1.84. The minimum Gasteiger partial charge on any atom is -0.314 e. The lowest BCUT2D eigenvalue weighted by atomic mass is 9.89. The second-order valence-electron chi connectivity index (χ2n) is 3.53. The molecule has 1 aromatic heterocycles. The summed E-state index contributed by atoms with van der Waals surface area (Å²) < 4.78 is 26.3. The number of halogens is 2. The van der Waals surface area contributed by atoms with Gasteiger partial charge in [-0.25, -0.2) is 9.37 Å². The molecule has 1 N–H and O–H groups in total. The Kier molecular flexibility index (Phi) is 2.72. The zero-order chi connectivity index (χ0) is 9.97. The highest BCUT2D eigenvalue weighted by atomic mass is 19.1. The van der Waals surface area contributed by atoms with E-state index in [0.29, 0.717) is 18.5 Å². The number of nitrogens with one attached hydrogen (secondary N) is 1. The van der Waals surface area contributed by atoms with Crippen LogP contribution in [0.15, 0.2) is 18.3 Å². The molecule has 0 saturated carbocycles. The van der Waals surface area contributed by atoms with E-state index in [1.54, 1.807) is 6.07 Å². The number of nitrogens with zero attached hydrogens (tertiary/aromatic N) is 1. The van der Waals surface area contributed by atoms with Gasteiger partial charge in [0.15, 0.2) is 0 Å². The number of pyridine rings is 1. The highest BCUT2D eigenvalue weighted by Crippen LogP contribution is 2.27. The number of alkyl halides is 1. The molecule has 14 heavy (non-hydrogen) atoms. The summed E-state index contributed by atoms with van der Waals surface area (Å²) >= 11 is 0. The maximum absolute atomic E-state index is 13.5. The molecule has 4 heteroatoms. The van der Waals surface area contributed by atoms with Gasteiger partial charge in [-0.05, 0) is 30.7 Å². The van der Waals surface area contributed by atoms with E-state index in [9.17, 15) is 8.78 Å². The third kappa shape index (κ3) is 1.90. The summed E-state index contributed by atoms with van der Waals surface area (Å²) in [5.41, 5.74) is 0.714. The zero-order valence-corrected chi connectivity index (χ0v) is 7.71. The van der Waals surface area contributed by atoms with Crippen molar-refractivity contribution in [3.05, 3.63) is 29.8 Å². The minimum atomic E-state index is -0.925. The zero-order valence-electron chi connectivity index (χ0n) is 7.71. The first kappa shape index (κ1) is 9.52. The van der Waals surface area contributed by atoms with Gasteiger partial charge in [-0.15, -0.1) is 0 Å². The van der Waals surface area contributed by atoms with E-state index in [1.807, 2.05) is 0 Å². The number of hydrogen-bond acceptors (Lipinski definition) is 2. The van der Waals surface area contributed by atoms with E-state index < -0.39 is 12.1 Å². The van der Waals surface area contributed by atoms with Crippen molar-refractivity contribution in [2.75, 3.05) is 13.1 Å². The SMILES string of the molecule is Fc1cc(C2CCNCC2F)ccn1. The van der Waals surface area contributed by atoms with E-state index in [-0.39, 0.29) is 5.92 Å². The fourth-order valence-electron chi connectivity index (χ4n) is 1.84. The molecule has 1 fully saturated rings.